The van der Waals surface area contributed by atoms with Gasteiger partial charge in [-0.25, -0.2) is 12.8 Å². The molecule has 5 rings (SSSR count). The number of anilines is 1. The fourth-order valence-electron chi connectivity index (χ4n) is 4.33. The van der Waals surface area contributed by atoms with E-state index in [1.807, 2.05) is 30.0 Å². The Bertz CT molecular complexity index is 1430. The van der Waals surface area contributed by atoms with Crippen LogP contribution in [0.15, 0.2) is 93.2 Å². The molecule has 0 saturated carbocycles. The minimum Gasteiger partial charge on any atom is -0.494 e. The minimum atomic E-state index is -4.05. The van der Waals surface area contributed by atoms with E-state index in [9.17, 15) is 12.8 Å². The van der Waals surface area contributed by atoms with Gasteiger partial charge in [0.05, 0.1) is 11.5 Å². The van der Waals surface area contributed by atoms with E-state index in [0.717, 1.165) is 31.8 Å². The predicted octanol–water partition coefficient (Wildman–Crippen LogP) is 5.03. The molecule has 1 aliphatic heterocycles. The van der Waals surface area contributed by atoms with Gasteiger partial charge in [-0.15, -0.1) is 0 Å². The van der Waals surface area contributed by atoms with Crippen molar-refractivity contribution in [3.63, 3.8) is 0 Å². The molecule has 0 atom stereocenters. The molecule has 0 aliphatic carbocycles. The molecule has 7 nitrogen and oxygen atoms in total. The summed E-state index contributed by atoms with van der Waals surface area (Å²) < 4.78 is 52.3. The third-order valence-corrected chi connectivity index (χ3v) is 7.95. The number of benzene rings is 3. The summed E-state index contributed by atoms with van der Waals surface area (Å²) >= 11 is 0. The van der Waals surface area contributed by atoms with Crippen molar-refractivity contribution in [2.75, 3.05) is 37.7 Å². The molecule has 0 unspecified atom stereocenters. The van der Waals surface area contributed by atoms with E-state index in [2.05, 4.69) is 22.0 Å². The summed E-state index contributed by atoms with van der Waals surface area (Å²) in [6.07, 6.45) is 0. The number of aromatic nitrogens is 1. The third-order valence-electron chi connectivity index (χ3n) is 6.28. The standard InChI is InChI=1S/C28H28FN3O4S/c1-2-35-24-12-8-22(9-13-24)26-30-27(37(33,34)25-14-10-23(29)11-15-25)28(36-26)32-18-16-31(17-19-32)20-21-6-4-3-5-7-21/h3-15H,2,16-20H2,1H3. The highest BCUT2D eigenvalue weighted by Crippen LogP contribution is 2.35. The van der Waals surface area contributed by atoms with Gasteiger partial charge < -0.3 is 14.1 Å². The molecule has 1 aromatic heterocycles. The third kappa shape index (κ3) is 5.52. The number of hydrogen-bond donors (Lipinski definition) is 0. The van der Waals surface area contributed by atoms with E-state index in [4.69, 9.17) is 9.15 Å². The van der Waals surface area contributed by atoms with Crippen molar-refractivity contribution in [3.8, 4) is 17.2 Å². The fourth-order valence-corrected chi connectivity index (χ4v) is 5.65. The Morgan fingerprint density at radius 1 is 0.919 bits per heavy atom. The zero-order valence-electron chi connectivity index (χ0n) is 20.5. The first kappa shape index (κ1) is 25.0. The molecule has 0 radical (unpaired) electrons. The van der Waals surface area contributed by atoms with Gasteiger partial charge in [0, 0.05) is 38.3 Å². The van der Waals surface area contributed by atoms with Gasteiger partial charge in [-0.2, -0.15) is 4.98 Å². The van der Waals surface area contributed by atoms with Gasteiger partial charge >= 0.3 is 0 Å². The lowest BCUT2D eigenvalue weighted by atomic mass is 10.2. The maximum atomic E-state index is 13.6. The lowest BCUT2D eigenvalue weighted by Crippen LogP contribution is -2.46. The lowest BCUT2D eigenvalue weighted by Gasteiger charge is -2.34. The summed E-state index contributed by atoms with van der Waals surface area (Å²) in [6.45, 7) is 5.91. The van der Waals surface area contributed by atoms with Crippen molar-refractivity contribution in [1.82, 2.24) is 9.88 Å². The Morgan fingerprint density at radius 2 is 1.59 bits per heavy atom. The minimum absolute atomic E-state index is 0.0376. The Hall–Kier alpha value is -3.69. The van der Waals surface area contributed by atoms with E-state index in [1.54, 1.807) is 24.3 Å². The summed E-state index contributed by atoms with van der Waals surface area (Å²) in [7, 11) is -4.05. The summed E-state index contributed by atoms with van der Waals surface area (Å²) in [5.41, 5.74) is 1.86. The largest absolute Gasteiger partial charge is 0.494 e. The van der Waals surface area contributed by atoms with Crippen LogP contribution in [0.3, 0.4) is 0 Å². The van der Waals surface area contributed by atoms with Crippen molar-refractivity contribution in [1.29, 1.82) is 0 Å². The second kappa shape index (κ2) is 10.7. The first-order chi connectivity index (χ1) is 17.9. The van der Waals surface area contributed by atoms with E-state index >= 15 is 0 Å². The zero-order valence-corrected chi connectivity index (χ0v) is 21.3. The topological polar surface area (TPSA) is 75.9 Å². The quantitative estimate of drug-likeness (QED) is 0.301. The Balaban J connectivity index is 1.45. The molecule has 0 bridgehead atoms. The van der Waals surface area contributed by atoms with Crippen molar-refractivity contribution in [2.24, 2.45) is 0 Å². The molecule has 0 spiro atoms. The van der Waals surface area contributed by atoms with Crippen LogP contribution in [0.4, 0.5) is 10.3 Å². The first-order valence-electron chi connectivity index (χ1n) is 12.2. The summed E-state index contributed by atoms with van der Waals surface area (Å²) in [6, 6.07) is 22.1. The van der Waals surface area contributed by atoms with Gasteiger partial charge in [0.2, 0.25) is 26.6 Å². The van der Waals surface area contributed by atoms with Crippen molar-refractivity contribution in [3.05, 3.63) is 90.2 Å². The molecule has 4 aromatic rings. The number of hydrogen-bond acceptors (Lipinski definition) is 7. The van der Waals surface area contributed by atoms with E-state index in [-0.39, 0.29) is 21.7 Å². The monoisotopic (exact) mass is 521 g/mol. The highest BCUT2D eigenvalue weighted by Gasteiger charge is 2.33. The Labute approximate surface area is 216 Å². The molecule has 192 valence electrons. The van der Waals surface area contributed by atoms with Gasteiger partial charge in [-0.1, -0.05) is 30.3 Å². The van der Waals surface area contributed by atoms with E-state index in [1.165, 1.54) is 17.7 Å². The predicted molar refractivity (Wildman–Crippen MR) is 139 cm³/mol. The van der Waals surface area contributed by atoms with Crippen LogP contribution in [0.25, 0.3) is 11.5 Å². The van der Waals surface area contributed by atoms with Crippen molar-refractivity contribution >= 4 is 15.7 Å². The molecule has 0 amide bonds. The molecule has 1 saturated heterocycles. The number of sulfone groups is 1. The molecule has 1 aliphatic rings. The molecule has 1 fully saturated rings. The average molecular weight is 522 g/mol. The van der Waals surface area contributed by atoms with Gasteiger partial charge in [-0.3, -0.25) is 4.90 Å². The number of ether oxygens (including phenoxy) is 1. The lowest BCUT2D eigenvalue weighted by molar-refractivity contribution is 0.245. The van der Waals surface area contributed by atoms with Crippen LogP contribution < -0.4 is 9.64 Å². The Kier molecular flexibility index (Phi) is 7.25. The molecule has 0 N–H and O–H groups in total. The van der Waals surface area contributed by atoms with Crippen LogP contribution in [-0.4, -0.2) is 51.1 Å². The number of piperazine rings is 1. The van der Waals surface area contributed by atoms with Crippen molar-refractivity contribution in [2.45, 2.75) is 23.4 Å². The molecule has 3 aromatic carbocycles. The fraction of sp³-hybridized carbons (Fsp3) is 0.250. The van der Waals surface area contributed by atoms with Gasteiger partial charge in [0.25, 0.3) is 0 Å². The molecular weight excluding hydrogens is 493 g/mol. The second-order valence-corrected chi connectivity index (χ2v) is 10.7. The summed E-state index contributed by atoms with van der Waals surface area (Å²) in [5.74, 6) is 0.591. The normalized spacial score (nSPS) is 14.6. The summed E-state index contributed by atoms with van der Waals surface area (Å²) in [5, 5.41) is -0.167. The molecule has 2 heterocycles. The number of halogens is 1. The maximum absolute atomic E-state index is 13.6. The smallest absolute Gasteiger partial charge is 0.236 e. The van der Waals surface area contributed by atoms with E-state index < -0.39 is 15.7 Å². The first-order valence-corrected chi connectivity index (χ1v) is 13.7. The highest BCUT2D eigenvalue weighted by molar-refractivity contribution is 7.91. The van der Waals surface area contributed by atoms with Crippen LogP contribution in [0, 0.1) is 5.82 Å². The van der Waals surface area contributed by atoms with Crippen LogP contribution in [0.1, 0.15) is 12.5 Å². The van der Waals surface area contributed by atoms with Crippen LogP contribution in [-0.2, 0) is 16.4 Å². The number of nitrogens with zero attached hydrogens (tertiary/aromatic N) is 3. The van der Waals surface area contributed by atoms with Crippen LogP contribution in [0.5, 0.6) is 5.75 Å². The Morgan fingerprint density at radius 3 is 2.24 bits per heavy atom. The van der Waals surface area contributed by atoms with Crippen LogP contribution in [0.2, 0.25) is 0 Å². The number of oxazole rings is 1. The molecule has 9 heteroatoms. The SMILES string of the molecule is CCOc1ccc(-c2nc(S(=O)(=O)c3ccc(F)cc3)c(N3CCN(Cc4ccccc4)CC3)o2)cc1. The van der Waals surface area contributed by atoms with E-state index in [0.29, 0.717) is 31.0 Å². The van der Waals surface area contributed by atoms with Crippen LogP contribution >= 0.6 is 0 Å². The maximum Gasteiger partial charge on any atom is 0.236 e. The highest BCUT2D eigenvalue weighted by atomic mass is 32.2. The van der Waals surface area contributed by atoms with Crippen molar-refractivity contribution < 1.29 is 22.0 Å². The van der Waals surface area contributed by atoms with Gasteiger partial charge in [-0.05, 0) is 61.0 Å². The van der Waals surface area contributed by atoms with Gasteiger partial charge in [0.15, 0.2) is 0 Å². The zero-order chi connectivity index (χ0) is 25.8. The average Bonchev–Trinajstić information content (AvgIpc) is 3.37. The second-order valence-electron chi connectivity index (χ2n) is 8.79. The molecular formula is C28H28FN3O4S. The summed E-state index contributed by atoms with van der Waals surface area (Å²) in [4.78, 5) is 8.65. The van der Waals surface area contributed by atoms with Gasteiger partial charge in [0.1, 0.15) is 11.6 Å². The molecule has 37 heavy (non-hydrogen) atoms. The number of rotatable bonds is 8.